The number of amides is 2. The molecule has 178 valence electrons. The van der Waals surface area contributed by atoms with Gasteiger partial charge in [0.2, 0.25) is 11.8 Å². The van der Waals surface area contributed by atoms with Crippen LogP contribution in [0.3, 0.4) is 0 Å². The molecule has 0 radical (unpaired) electrons. The number of benzene rings is 1. The molecule has 3 atom stereocenters. The molecule has 0 saturated carbocycles. The maximum Gasteiger partial charge on any atom is 0.240 e. The van der Waals surface area contributed by atoms with Crippen molar-refractivity contribution >= 4 is 17.5 Å². The molecule has 7 nitrogen and oxygen atoms in total. The van der Waals surface area contributed by atoms with Crippen LogP contribution in [0, 0.1) is 19.8 Å². The largest absolute Gasteiger partial charge is 0.373 e. The van der Waals surface area contributed by atoms with E-state index in [4.69, 9.17) is 4.74 Å². The smallest absolute Gasteiger partial charge is 0.240 e. The van der Waals surface area contributed by atoms with Crippen molar-refractivity contribution in [3.05, 3.63) is 29.3 Å². The summed E-state index contributed by atoms with van der Waals surface area (Å²) < 4.78 is 5.87. The lowest BCUT2D eigenvalue weighted by Gasteiger charge is -2.44. The third kappa shape index (κ3) is 6.09. The van der Waals surface area contributed by atoms with Gasteiger partial charge >= 0.3 is 0 Å². The van der Waals surface area contributed by atoms with E-state index in [0.717, 1.165) is 29.9 Å². The van der Waals surface area contributed by atoms with Crippen LogP contribution >= 0.6 is 0 Å². The Morgan fingerprint density at radius 2 is 1.59 bits per heavy atom. The molecule has 0 aromatic heterocycles. The summed E-state index contributed by atoms with van der Waals surface area (Å²) in [5.74, 6) is 0.445. The minimum atomic E-state index is -0.123. The molecule has 7 heteroatoms. The number of anilines is 1. The number of para-hydroxylation sites is 1. The van der Waals surface area contributed by atoms with Crippen LogP contribution in [0.2, 0.25) is 0 Å². The van der Waals surface area contributed by atoms with Gasteiger partial charge in [0.05, 0.1) is 24.8 Å². The summed E-state index contributed by atoms with van der Waals surface area (Å²) in [4.78, 5) is 32.5. The van der Waals surface area contributed by atoms with Gasteiger partial charge in [-0.05, 0) is 44.7 Å². The first-order valence-electron chi connectivity index (χ1n) is 11.9. The van der Waals surface area contributed by atoms with Gasteiger partial charge in [-0.1, -0.05) is 32.0 Å². The fourth-order valence-corrected chi connectivity index (χ4v) is 5.01. The second-order valence-electron chi connectivity index (χ2n) is 9.82. The van der Waals surface area contributed by atoms with Crippen molar-refractivity contribution in [2.45, 2.75) is 59.8 Å². The molecule has 3 rings (SSSR count). The molecule has 0 bridgehead atoms. The first-order valence-corrected chi connectivity index (χ1v) is 11.9. The minimum Gasteiger partial charge on any atom is -0.373 e. The zero-order valence-electron chi connectivity index (χ0n) is 20.6. The van der Waals surface area contributed by atoms with E-state index in [-0.39, 0.29) is 36.0 Å². The summed E-state index contributed by atoms with van der Waals surface area (Å²) in [5, 5.41) is 3.06. The van der Waals surface area contributed by atoms with E-state index in [0.29, 0.717) is 32.7 Å². The Morgan fingerprint density at radius 1 is 1.03 bits per heavy atom. The Bertz CT molecular complexity index is 774. The summed E-state index contributed by atoms with van der Waals surface area (Å²) >= 11 is 0. The number of hydrogen-bond acceptors (Lipinski definition) is 5. The minimum absolute atomic E-state index is 0.00137. The lowest BCUT2D eigenvalue weighted by molar-refractivity contribution is -0.147. The van der Waals surface area contributed by atoms with Crippen LogP contribution in [0.25, 0.3) is 0 Å². The average Bonchev–Trinajstić information content (AvgIpc) is 2.70. The number of nitrogens with one attached hydrogen (secondary N) is 1. The van der Waals surface area contributed by atoms with Gasteiger partial charge < -0.3 is 15.0 Å². The highest BCUT2D eigenvalue weighted by molar-refractivity contribution is 5.93. The van der Waals surface area contributed by atoms with E-state index < -0.39 is 0 Å². The van der Waals surface area contributed by atoms with Gasteiger partial charge in [-0.3, -0.25) is 19.4 Å². The van der Waals surface area contributed by atoms with Gasteiger partial charge in [-0.2, -0.15) is 0 Å². The van der Waals surface area contributed by atoms with Crippen LogP contribution in [-0.2, 0) is 14.3 Å². The Labute approximate surface area is 193 Å². The fraction of sp³-hybridized carbons (Fsp3) is 0.680. The molecule has 0 aliphatic carbocycles. The van der Waals surface area contributed by atoms with Gasteiger partial charge in [-0.15, -0.1) is 0 Å². The number of morpholine rings is 1. The average molecular weight is 445 g/mol. The summed E-state index contributed by atoms with van der Waals surface area (Å²) in [6.45, 7) is 17.1. The molecule has 0 unspecified atom stereocenters. The SMILES string of the molecule is Cc1cccc(C)c1NC(=O)CN1CCN(C(=O)[C@H](C(C)C)N2C[C@@H](C)O[C@H](C)C2)CC1. The number of carbonyl (C=O) groups excluding carboxylic acids is 2. The number of ether oxygens (including phenoxy) is 1. The predicted octanol–water partition coefficient (Wildman–Crippen LogP) is 2.52. The Balaban J connectivity index is 1.53. The van der Waals surface area contributed by atoms with Gasteiger partial charge in [0.1, 0.15) is 0 Å². The van der Waals surface area contributed by atoms with Crippen molar-refractivity contribution in [1.29, 1.82) is 0 Å². The second kappa shape index (κ2) is 10.8. The summed E-state index contributed by atoms with van der Waals surface area (Å²) in [7, 11) is 0. The maximum atomic E-state index is 13.4. The predicted molar refractivity (Wildman–Crippen MR) is 128 cm³/mol. The fourth-order valence-electron chi connectivity index (χ4n) is 5.01. The van der Waals surface area contributed by atoms with Crippen LogP contribution < -0.4 is 5.32 Å². The third-order valence-corrected chi connectivity index (χ3v) is 6.52. The molecule has 1 N–H and O–H groups in total. The normalized spacial score (nSPS) is 23.9. The number of piperazine rings is 1. The highest BCUT2D eigenvalue weighted by Gasteiger charge is 2.37. The molecule has 1 aromatic carbocycles. The lowest BCUT2D eigenvalue weighted by atomic mass is 9.98. The molecule has 2 aliphatic heterocycles. The van der Waals surface area contributed by atoms with Gasteiger partial charge in [-0.25, -0.2) is 0 Å². The first kappa shape index (κ1) is 24.7. The standard InChI is InChI=1S/C25H40N4O3/c1-17(2)24(29-14-20(5)32-21(6)15-29)25(31)28-12-10-27(11-13-28)16-22(30)26-23-18(3)8-7-9-19(23)4/h7-9,17,20-21,24H,10-16H2,1-6H3,(H,26,30)/t20-,21-,24+/m1/s1. The maximum absolute atomic E-state index is 13.4. The zero-order valence-corrected chi connectivity index (χ0v) is 20.6. The molecule has 2 amide bonds. The molecule has 2 heterocycles. The van der Waals surface area contributed by atoms with Crippen molar-refractivity contribution in [1.82, 2.24) is 14.7 Å². The van der Waals surface area contributed by atoms with Gasteiger partial charge in [0.25, 0.3) is 0 Å². The number of hydrogen-bond donors (Lipinski definition) is 1. The molecule has 1 aromatic rings. The molecule has 2 aliphatic rings. The Kier molecular flexibility index (Phi) is 8.31. The van der Waals surface area contributed by atoms with Crippen LogP contribution in [0.4, 0.5) is 5.69 Å². The zero-order chi connectivity index (χ0) is 23.4. The molecular formula is C25H40N4O3. The van der Waals surface area contributed by atoms with Crippen LogP contribution in [-0.4, -0.2) is 90.6 Å². The third-order valence-electron chi connectivity index (χ3n) is 6.52. The topological polar surface area (TPSA) is 65.1 Å². The first-order chi connectivity index (χ1) is 15.2. The highest BCUT2D eigenvalue weighted by Crippen LogP contribution is 2.22. The Morgan fingerprint density at radius 3 is 2.12 bits per heavy atom. The Hall–Kier alpha value is -1.96. The second-order valence-corrected chi connectivity index (χ2v) is 9.82. The molecule has 32 heavy (non-hydrogen) atoms. The number of carbonyl (C=O) groups is 2. The van der Waals surface area contributed by atoms with E-state index in [2.05, 4.69) is 42.8 Å². The van der Waals surface area contributed by atoms with E-state index in [1.165, 1.54) is 0 Å². The summed E-state index contributed by atoms with van der Waals surface area (Å²) in [6.07, 6.45) is 0.278. The lowest BCUT2D eigenvalue weighted by Crippen LogP contribution is -2.60. The number of nitrogens with zero attached hydrogens (tertiary/aromatic N) is 3. The van der Waals surface area contributed by atoms with Crippen LogP contribution in [0.1, 0.15) is 38.8 Å². The molecule has 0 spiro atoms. The highest BCUT2D eigenvalue weighted by atomic mass is 16.5. The van der Waals surface area contributed by atoms with Crippen molar-refractivity contribution in [3.63, 3.8) is 0 Å². The van der Waals surface area contributed by atoms with E-state index in [9.17, 15) is 9.59 Å². The summed E-state index contributed by atoms with van der Waals surface area (Å²) in [5.41, 5.74) is 3.04. The van der Waals surface area contributed by atoms with Crippen LogP contribution in [0.15, 0.2) is 18.2 Å². The van der Waals surface area contributed by atoms with Crippen LogP contribution in [0.5, 0.6) is 0 Å². The quantitative estimate of drug-likeness (QED) is 0.731. The van der Waals surface area contributed by atoms with Crippen molar-refractivity contribution < 1.29 is 14.3 Å². The van der Waals surface area contributed by atoms with Crippen molar-refractivity contribution in [2.75, 3.05) is 51.1 Å². The van der Waals surface area contributed by atoms with Crippen molar-refractivity contribution in [2.24, 2.45) is 5.92 Å². The van der Waals surface area contributed by atoms with Gasteiger partial charge in [0.15, 0.2) is 0 Å². The van der Waals surface area contributed by atoms with Gasteiger partial charge in [0, 0.05) is 45.0 Å². The van der Waals surface area contributed by atoms with E-state index in [1.807, 2.05) is 36.9 Å². The molecule has 2 fully saturated rings. The molecular weight excluding hydrogens is 404 g/mol. The number of rotatable bonds is 6. The van der Waals surface area contributed by atoms with E-state index >= 15 is 0 Å². The summed E-state index contributed by atoms with van der Waals surface area (Å²) in [6, 6.07) is 5.89. The number of aryl methyl sites for hydroxylation is 2. The van der Waals surface area contributed by atoms with Crippen molar-refractivity contribution in [3.8, 4) is 0 Å². The monoisotopic (exact) mass is 444 g/mol. The molecule has 2 saturated heterocycles. The van der Waals surface area contributed by atoms with E-state index in [1.54, 1.807) is 0 Å².